The number of ketones is 1. The van der Waals surface area contributed by atoms with E-state index in [1.54, 1.807) is 18.2 Å². The van der Waals surface area contributed by atoms with Crippen molar-refractivity contribution in [3.63, 3.8) is 0 Å². The summed E-state index contributed by atoms with van der Waals surface area (Å²) in [5.74, 6) is -1.87. The minimum atomic E-state index is -1.06. The first kappa shape index (κ1) is 21.1. The summed E-state index contributed by atoms with van der Waals surface area (Å²) in [5, 5.41) is 5.48. The van der Waals surface area contributed by atoms with Crippen LogP contribution >= 0.6 is 11.6 Å². The number of benzene rings is 2. The molecule has 2 N–H and O–H groups in total. The number of rotatable bonds is 6. The average molecular weight is 403 g/mol. The van der Waals surface area contributed by atoms with Crippen molar-refractivity contribution in [3.05, 3.63) is 58.6 Å². The maximum Gasteiger partial charge on any atom is 0.338 e. The second-order valence-corrected chi connectivity index (χ2v) is 6.52. The Balaban J connectivity index is 2.22. The highest BCUT2D eigenvalue weighted by atomic mass is 35.5. The molecule has 0 unspecified atom stereocenters. The van der Waals surface area contributed by atoms with E-state index in [2.05, 4.69) is 10.6 Å². The van der Waals surface area contributed by atoms with E-state index >= 15 is 0 Å². The lowest BCUT2D eigenvalue weighted by molar-refractivity contribution is -0.115. The minimum absolute atomic E-state index is 0.0701. The first-order valence-electron chi connectivity index (χ1n) is 8.36. The number of hydrogen-bond acceptors (Lipinski definition) is 5. The van der Waals surface area contributed by atoms with Crippen molar-refractivity contribution >= 4 is 46.5 Å². The number of Topliss-reactive ketones (excluding diaryl/α,β-unsaturated/α-hetero) is 1. The van der Waals surface area contributed by atoms with Gasteiger partial charge in [0.2, 0.25) is 17.6 Å². The molecule has 2 amide bonds. The standard InChI is InChI=1S/C20H19ClN2O5/c1-11(19(26)14-5-4-6-16(21)7-14)28-20(27)15-8-17(22-12(2)24)10-18(9-15)23-13(3)25/h4-11H,1-3H3,(H,22,24)(H,23,25)/t11-/m1/s1. The number of carbonyl (C=O) groups excluding carboxylic acids is 4. The van der Waals surface area contributed by atoms with Crippen LogP contribution in [0.1, 0.15) is 41.5 Å². The molecule has 2 rings (SSSR count). The summed E-state index contributed by atoms with van der Waals surface area (Å²) < 4.78 is 5.26. The minimum Gasteiger partial charge on any atom is -0.451 e. The molecule has 0 heterocycles. The van der Waals surface area contributed by atoms with Crippen LogP contribution in [-0.4, -0.2) is 29.7 Å². The number of anilines is 2. The number of esters is 1. The summed E-state index contributed by atoms with van der Waals surface area (Å²) in [7, 11) is 0. The molecule has 0 bridgehead atoms. The van der Waals surface area contributed by atoms with Crippen LogP contribution in [0.5, 0.6) is 0 Å². The van der Waals surface area contributed by atoms with Gasteiger partial charge in [-0.2, -0.15) is 0 Å². The van der Waals surface area contributed by atoms with Gasteiger partial charge in [0.25, 0.3) is 0 Å². The lowest BCUT2D eigenvalue weighted by Crippen LogP contribution is -2.24. The second kappa shape index (κ2) is 9.14. The van der Waals surface area contributed by atoms with E-state index in [9.17, 15) is 19.2 Å². The predicted molar refractivity (Wildman–Crippen MR) is 106 cm³/mol. The molecular formula is C20H19ClN2O5. The third-order valence-corrected chi connectivity index (χ3v) is 3.81. The van der Waals surface area contributed by atoms with E-state index in [1.807, 2.05) is 0 Å². The Kier molecular flexibility index (Phi) is 6.89. The molecule has 0 radical (unpaired) electrons. The number of ether oxygens (including phenoxy) is 1. The topological polar surface area (TPSA) is 102 Å². The van der Waals surface area contributed by atoms with Crippen molar-refractivity contribution < 1.29 is 23.9 Å². The van der Waals surface area contributed by atoms with Gasteiger partial charge in [0.15, 0.2) is 6.10 Å². The van der Waals surface area contributed by atoms with Crippen LogP contribution in [0.15, 0.2) is 42.5 Å². The summed E-state index contributed by atoms with van der Waals surface area (Å²) in [4.78, 5) is 47.6. The first-order valence-corrected chi connectivity index (χ1v) is 8.74. The Hall–Kier alpha value is -3.19. The van der Waals surface area contributed by atoms with Crippen molar-refractivity contribution in [3.8, 4) is 0 Å². The van der Waals surface area contributed by atoms with Gasteiger partial charge in [0, 0.05) is 35.8 Å². The van der Waals surface area contributed by atoms with Crippen LogP contribution in [0.3, 0.4) is 0 Å². The zero-order valence-corrected chi connectivity index (χ0v) is 16.3. The lowest BCUT2D eigenvalue weighted by Gasteiger charge is -2.14. The zero-order chi connectivity index (χ0) is 20.8. The van der Waals surface area contributed by atoms with Gasteiger partial charge in [0.1, 0.15) is 0 Å². The Labute approximate surface area is 167 Å². The van der Waals surface area contributed by atoms with Gasteiger partial charge in [0.05, 0.1) is 5.56 Å². The molecule has 0 aliphatic carbocycles. The van der Waals surface area contributed by atoms with E-state index in [-0.39, 0.29) is 17.4 Å². The number of hydrogen-bond donors (Lipinski definition) is 2. The van der Waals surface area contributed by atoms with Gasteiger partial charge in [-0.1, -0.05) is 23.7 Å². The Morgan fingerprint density at radius 3 is 1.96 bits per heavy atom. The average Bonchev–Trinajstić information content (AvgIpc) is 2.59. The first-order chi connectivity index (χ1) is 13.2. The van der Waals surface area contributed by atoms with Gasteiger partial charge in [-0.05, 0) is 37.3 Å². The molecule has 0 fully saturated rings. The van der Waals surface area contributed by atoms with E-state index in [4.69, 9.17) is 16.3 Å². The lowest BCUT2D eigenvalue weighted by atomic mass is 10.1. The molecule has 2 aromatic carbocycles. The third kappa shape index (κ3) is 5.92. The molecular weight excluding hydrogens is 384 g/mol. The number of nitrogens with one attached hydrogen (secondary N) is 2. The van der Waals surface area contributed by atoms with Crippen LogP contribution in [0.4, 0.5) is 11.4 Å². The summed E-state index contributed by atoms with van der Waals surface area (Å²) in [5.41, 5.74) is 0.999. The maximum atomic E-state index is 12.5. The quantitative estimate of drug-likeness (QED) is 0.566. The van der Waals surface area contributed by atoms with Crippen molar-refractivity contribution in [1.82, 2.24) is 0 Å². The second-order valence-electron chi connectivity index (χ2n) is 6.08. The number of halogens is 1. The van der Waals surface area contributed by atoms with E-state index in [0.29, 0.717) is 22.0 Å². The third-order valence-electron chi connectivity index (χ3n) is 3.57. The van der Waals surface area contributed by atoms with Crippen LogP contribution < -0.4 is 10.6 Å². The van der Waals surface area contributed by atoms with Crippen molar-refractivity contribution in [2.24, 2.45) is 0 Å². The van der Waals surface area contributed by atoms with Crippen LogP contribution in [0.25, 0.3) is 0 Å². The molecule has 7 nitrogen and oxygen atoms in total. The van der Waals surface area contributed by atoms with Crippen LogP contribution in [0.2, 0.25) is 5.02 Å². The van der Waals surface area contributed by atoms with Gasteiger partial charge in [-0.3, -0.25) is 14.4 Å². The van der Waals surface area contributed by atoms with Crippen molar-refractivity contribution in [2.45, 2.75) is 26.9 Å². The van der Waals surface area contributed by atoms with Gasteiger partial charge < -0.3 is 15.4 Å². The smallest absolute Gasteiger partial charge is 0.338 e. The molecule has 8 heteroatoms. The molecule has 0 saturated heterocycles. The predicted octanol–water partition coefficient (Wildman–Crippen LogP) is 3.69. The van der Waals surface area contributed by atoms with Crippen molar-refractivity contribution in [1.29, 1.82) is 0 Å². The summed E-state index contributed by atoms with van der Waals surface area (Å²) >= 11 is 5.88. The highest BCUT2D eigenvalue weighted by Gasteiger charge is 2.21. The van der Waals surface area contributed by atoms with Gasteiger partial charge >= 0.3 is 5.97 Å². The summed E-state index contributed by atoms with van der Waals surface area (Å²) in [6, 6.07) is 10.6. The molecule has 0 aliphatic rings. The highest BCUT2D eigenvalue weighted by molar-refractivity contribution is 6.31. The summed E-state index contributed by atoms with van der Waals surface area (Å²) in [6.07, 6.45) is -1.06. The number of carbonyl (C=O) groups is 4. The van der Waals surface area contributed by atoms with Gasteiger partial charge in [-0.15, -0.1) is 0 Å². The Bertz CT molecular complexity index is 908. The molecule has 146 valence electrons. The molecule has 28 heavy (non-hydrogen) atoms. The highest BCUT2D eigenvalue weighted by Crippen LogP contribution is 2.21. The molecule has 0 spiro atoms. The van der Waals surface area contributed by atoms with Crippen LogP contribution in [0, 0.1) is 0 Å². The molecule has 2 aromatic rings. The molecule has 0 saturated carbocycles. The normalized spacial score (nSPS) is 11.3. The SMILES string of the molecule is CC(=O)Nc1cc(NC(C)=O)cc(C(=O)O[C@H](C)C(=O)c2cccc(Cl)c2)c1. The fraction of sp³-hybridized carbons (Fsp3) is 0.200. The van der Waals surface area contributed by atoms with E-state index in [1.165, 1.54) is 45.0 Å². The fourth-order valence-electron chi connectivity index (χ4n) is 2.45. The van der Waals surface area contributed by atoms with Gasteiger partial charge in [-0.25, -0.2) is 4.79 Å². The summed E-state index contributed by atoms with van der Waals surface area (Å²) in [6.45, 7) is 4.08. The maximum absolute atomic E-state index is 12.5. The zero-order valence-electron chi connectivity index (χ0n) is 15.5. The van der Waals surface area contributed by atoms with Crippen LogP contribution in [-0.2, 0) is 14.3 Å². The van der Waals surface area contributed by atoms with E-state index in [0.717, 1.165) is 0 Å². The van der Waals surface area contributed by atoms with Crippen molar-refractivity contribution in [2.75, 3.05) is 10.6 Å². The van der Waals surface area contributed by atoms with E-state index < -0.39 is 17.9 Å². The molecule has 0 aliphatic heterocycles. The fourth-order valence-corrected chi connectivity index (χ4v) is 2.65. The Morgan fingerprint density at radius 2 is 1.46 bits per heavy atom. The monoisotopic (exact) mass is 402 g/mol. The molecule has 1 atom stereocenters. The Morgan fingerprint density at radius 1 is 0.893 bits per heavy atom. The largest absolute Gasteiger partial charge is 0.451 e. The molecule has 0 aromatic heterocycles. The number of amides is 2.